The van der Waals surface area contributed by atoms with Gasteiger partial charge in [-0.1, -0.05) is 13.8 Å². The van der Waals surface area contributed by atoms with E-state index in [0.717, 1.165) is 0 Å². The second-order valence-electron chi connectivity index (χ2n) is 4.94. The average Bonchev–Trinajstić information content (AvgIpc) is 1.96. The van der Waals surface area contributed by atoms with Gasteiger partial charge in [-0.15, -0.1) is 0 Å². The van der Waals surface area contributed by atoms with Crippen molar-refractivity contribution in [2.75, 3.05) is 28.2 Å². The lowest BCUT2D eigenvalue weighted by atomic mass is 10.1. The van der Waals surface area contributed by atoms with E-state index in [-0.39, 0.29) is 0 Å². The molecule has 86 valence electrons. The summed E-state index contributed by atoms with van der Waals surface area (Å²) in [4.78, 5) is 2.28. The van der Waals surface area contributed by atoms with Crippen LogP contribution in [-0.2, 0) is 0 Å². The van der Waals surface area contributed by atoms with Crippen LogP contribution in [-0.4, -0.2) is 55.3 Å². The fraction of sp³-hybridized carbons (Fsp3) is 1.00. The van der Waals surface area contributed by atoms with Crippen molar-refractivity contribution in [3.63, 3.8) is 0 Å². The Kier molecular flexibility index (Phi) is 5.64. The van der Waals surface area contributed by atoms with Gasteiger partial charge in [-0.2, -0.15) is 0 Å². The van der Waals surface area contributed by atoms with Crippen molar-refractivity contribution in [3.05, 3.63) is 0 Å². The minimum atomic E-state index is 0.463. The van der Waals surface area contributed by atoms with Crippen LogP contribution in [0.25, 0.3) is 0 Å². The monoisotopic (exact) mass is 201 g/mol. The van der Waals surface area contributed by atoms with E-state index in [1.165, 1.54) is 0 Å². The summed E-state index contributed by atoms with van der Waals surface area (Å²) in [6.07, 6.45) is 0.463. The first-order chi connectivity index (χ1) is 6.29. The fourth-order valence-corrected chi connectivity index (χ4v) is 2.14. The lowest BCUT2D eigenvalue weighted by Gasteiger charge is -2.44. The van der Waals surface area contributed by atoms with Gasteiger partial charge in [0.2, 0.25) is 0 Å². The van der Waals surface area contributed by atoms with Gasteiger partial charge in [-0.05, 0) is 33.9 Å². The summed E-state index contributed by atoms with van der Waals surface area (Å²) < 4.78 is 0. The molecule has 0 rings (SSSR count). The molecule has 1 atom stereocenters. The molecule has 0 amide bonds. The first kappa shape index (κ1) is 13.9. The van der Waals surface area contributed by atoms with Crippen LogP contribution in [0.4, 0.5) is 0 Å². The van der Waals surface area contributed by atoms with Gasteiger partial charge in [0.05, 0.1) is 6.17 Å². The molecule has 0 heterocycles. The Bertz CT molecular complexity index is 119. The first-order valence-corrected chi connectivity index (χ1v) is 5.41. The molecule has 0 fully saturated rings. The average molecular weight is 201 g/mol. The van der Waals surface area contributed by atoms with Crippen molar-refractivity contribution in [2.24, 2.45) is 5.92 Å². The topological polar surface area (TPSA) is 9.72 Å². The number of hydrogen-bond donors (Lipinski definition) is 0. The summed E-state index contributed by atoms with van der Waals surface area (Å²) in [7, 11) is 8.50. The highest BCUT2D eigenvalue weighted by Gasteiger charge is 2.27. The summed E-state index contributed by atoms with van der Waals surface area (Å²) in [6.45, 7) is 9.00. The zero-order valence-corrected chi connectivity index (χ0v) is 11.1. The molecule has 3 nitrogen and oxygen atoms in total. The van der Waals surface area contributed by atoms with Crippen LogP contribution < -0.4 is 0 Å². The van der Waals surface area contributed by atoms with Gasteiger partial charge >= 0.3 is 0 Å². The molecular formula is C11H27N3. The van der Waals surface area contributed by atoms with Gasteiger partial charge in [0.15, 0.2) is 0 Å². The Morgan fingerprint density at radius 2 is 1.21 bits per heavy atom. The summed E-state index contributed by atoms with van der Waals surface area (Å²) in [5, 5.41) is 4.60. The highest BCUT2D eigenvalue weighted by molar-refractivity contribution is 4.72. The molecule has 3 heteroatoms. The molecule has 0 N–H and O–H groups in total. The standard InChI is InChI=1S/C11H27N3/c1-9(2)11(12(5)6)14(10(3)4)13(7)8/h9-11H,1-8H3. The third-order valence-electron chi connectivity index (χ3n) is 2.39. The molecule has 0 bridgehead atoms. The Balaban J connectivity index is 4.74. The Morgan fingerprint density at radius 3 is 1.29 bits per heavy atom. The molecule has 0 aromatic rings. The van der Waals surface area contributed by atoms with E-state index in [9.17, 15) is 0 Å². The lowest BCUT2D eigenvalue weighted by molar-refractivity contribution is -0.112. The molecule has 14 heavy (non-hydrogen) atoms. The molecule has 0 aliphatic rings. The number of nitrogens with zero attached hydrogens (tertiary/aromatic N) is 3. The third kappa shape index (κ3) is 3.56. The molecule has 0 spiro atoms. The molecule has 0 radical (unpaired) electrons. The molecule has 0 aromatic heterocycles. The van der Waals surface area contributed by atoms with Crippen molar-refractivity contribution in [3.8, 4) is 0 Å². The molecule has 0 saturated carbocycles. The normalized spacial score (nSPS) is 15.2. The van der Waals surface area contributed by atoms with Gasteiger partial charge in [0.25, 0.3) is 0 Å². The van der Waals surface area contributed by atoms with Crippen LogP contribution in [0.3, 0.4) is 0 Å². The molecule has 0 saturated heterocycles. The van der Waals surface area contributed by atoms with Gasteiger partial charge in [-0.25, -0.2) is 10.0 Å². The third-order valence-corrected chi connectivity index (χ3v) is 2.39. The number of hydrogen-bond acceptors (Lipinski definition) is 3. The zero-order chi connectivity index (χ0) is 11.5. The minimum absolute atomic E-state index is 0.463. The lowest BCUT2D eigenvalue weighted by Crippen LogP contribution is -2.56. The van der Waals surface area contributed by atoms with Crippen molar-refractivity contribution < 1.29 is 0 Å². The van der Waals surface area contributed by atoms with E-state index >= 15 is 0 Å². The highest BCUT2D eigenvalue weighted by atomic mass is 15.7. The van der Waals surface area contributed by atoms with Crippen molar-refractivity contribution in [1.29, 1.82) is 0 Å². The zero-order valence-electron chi connectivity index (χ0n) is 11.1. The first-order valence-electron chi connectivity index (χ1n) is 5.41. The predicted molar refractivity (Wildman–Crippen MR) is 63.0 cm³/mol. The van der Waals surface area contributed by atoms with E-state index in [2.05, 4.69) is 70.8 Å². The molecule has 0 aliphatic heterocycles. The maximum Gasteiger partial charge on any atom is 0.0781 e. The maximum absolute atomic E-state index is 2.41. The summed E-state index contributed by atoms with van der Waals surface area (Å²) >= 11 is 0. The molecule has 1 unspecified atom stereocenters. The Hall–Kier alpha value is -0.120. The van der Waals surface area contributed by atoms with Crippen LogP contribution >= 0.6 is 0 Å². The maximum atomic E-state index is 2.41. The smallest absolute Gasteiger partial charge is 0.0781 e. The molecule has 0 aromatic carbocycles. The second-order valence-corrected chi connectivity index (χ2v) is 4.94. The van der Waals surface area contributed by atoms with Gasteiger partial charge in [0.1, 0.15) is 0 Å². The van der Waals surface area contributed by atoms with Gasteiger partial charge < -0.3 is 0 Å². The van der Waals surface area contributed by atoms with Crippen LogP contribution in [0, 0.1) is 5.92 Å². The van der Waals surface area contributed by atoms with E-state index in [0.29, 0.717) is 18.1 Å². The van der Waals surface area contributed by atoms with Crippen molar-refractivity contribution in [1.82, 2.24) is 14.9 Å². The van der Waals surface area contributed by atoms with E-state index in [1.54, 1.807) is 0 Å². The second kappa shape index (κ2) is 5.69. The number of hydrazine groups is 1. The predicted octanol–water partition coefficient (Wildman–Crippen LogP) is 1.72. The van der Waals surface area contributed by atoms with E-state index in [1.807, 2.05) is 0 Å². The Morgan fingerprint density at radius 1 is 0.786 bits per heavy atom. The largest absolute Gasteiger partial charge is 0.293 e. The highest BCUT2D eigenvalue weighted by Crippen LogP contribution is 2.16. The van der Waals surface area contributed by atoms with E-state index < -0.39 is 0 Å². The quantitative estimate of drug-likeness (QED) is 0.495. The van der Waals surface area contributed by atoms with Crippen LogP contribution in [0.2, 0.25) is 0 Å². The fourth-order valence-electron chi connectivity index (χ4n) is 2.14. The molecular weight excluding hydrogens is 174 g/mol. The summed E-state index contributed by atoms with van der Waals surface area (Å²) in [6, 6.07) is 0.528. The minimum Gasteiger partial charge on any atom is -0.293 e. The van der Waals surface area contributed by atoms with Crippen molar-refractivity contribution in [2.45, 2.75) is 39.9 Å². The Labute approximate surface area is 89.6 Å². The van der Waals surface area contributed by atoms with Crippen LogP contribution in [0.15, 0.2) is 0 Å². The van der Waals surface area contributed by atoms with Gasteiger partial charge in [-0.3, -0.25) is 4.90 Å². The van der Waals surface area contributed by atoms with Crippen molar-refractivity contribution >= 4 is 0 Å². The van der Waals surface area contributed by atoms with Crippen LogP contribution in [0.1, 0.15) is 27.7 Å². The summed E-state index contributed by atoms with van der Waals surface area (Å²) in [5.74, 6) is 0.620. The summed E-state index contributed by atoms with van der Waals surface area (Å²) in [5.41, 5.74) is 0. The SMILES string of the molecule is CC(C)C(N(C)C)N(C(C)C)N(C)C. The molecule has 0 aliphatic carbocycles. The van der Waals surface area contributed by atoms with E-state index in [4.69, 9.17) is 0 Å². The van der Waals surface area contributed by atoms with Gasteiger partial charge in [0, 0.05) is 20.1 Å². The number of rotatable bonds is 5. The van der Waals surface area contributed by atoms with Crippen LogP contribution in [0.5, 0.6) is 0 Å².